The molecular weight excluding hydrogens is 370 g/mol. The first-order chi connectivity index (χ1) is 13.3. The molecule has 3 aromatic rings. The summed E-state index contributed by atoms with van der Waals surface area (Å²) in [5.74, 6) is 2.89. The van der Waals surface area contributed by atoms with Crippen LogP contribution in [0.2, 0.25) is 0 Å². The van der Waals surface area contributed by atoms with E-state index >= 15 is 0 Å². The summed E-state index contributed by atoms with van der Waals surface area (Å²) in [6.07, 6.45) is 4.50. The molecule has 0 aromatic heterocycles. The molecule has 3 nitrogen and oxygen atoms in total. The Bertz CT molecular complexity index is 825. The molecule has 148 valence electrons. The summed E-state index contributed by atoms with van der Waals surface area (Å²) in [6, 6.07) is 25.4. The van der Waals surface area contributed by atoms with Crippen LogP contribution in [0, 0.1) is 0 Å². The summed E-state index contributed by atoms with van der Waals surface area (Å²) in [5.41, 5.74) is 7.47. The summed E-state index contributed by atoms with van der Waals surface area (Å²) in [7, 11) is 0. The Balaban J connectivity index is 0.00000280. The van der Waals surface area contributed by atoms with Crippen LogP contribution in [0.25, 0.3) is 0 Å². The Hall–Kier alpha value is -2.49. The second kappa shape index (κ2) is 11.4. The minimum Gasteiger partial charge on any atom is -0.453 e. The molecule has 0 heterocycles. The highest BCUT2D eigenvalue weighted by molar-refractivity contribution is 5.85. The molecule has 0 fully saturated rings. The van der Waals surface area contributed by atoms with E-state index in [0.29, 0.717) is 11.5 Å². The predicted octanol–water partition coefficient (Wildman–Crippen LogP) is 7.27. The molecule has 0 aliphatic heterocycles. The average Bonchev–Trinajstić information content (AvgIpc) is 2.71. The maximum absolute atomic E-state index is 6.40. The van der Waals surface area contributed by atoms with E-state index in [9.17, 15) is 0 Å². The number of unbranched alkanes of at least 4 members (excludes halogenated alkanes) is 2. The number of hydrogen-bond donors (Lipinski definition) is 1. The van der Waals surface area contributed by atoms with Gasteiger partial charge in [0.1, 0.15) is 11.5 Å². The Kier molecular flexibility index (Phi) is 8.86. The van der Waals surface area contributed by atoms with E-state index in [4.69, 9.17) is 15.2 Å². The third kappa shape index (κ3) is 6.29. The highest BCUT2D eigenvalue weighted by atomic mass is 35.5. The van der Waals surface area contributed by atoms with Gasteiger partial charge >= 0.3 is 0 Å². The van der Waals surface area contributed by atoms with E-state index in [1.165, 1.54) is 12.8 Å². The fourth-order valence-electron chi connectivity index (χ4n) is 2.93. The molecule has 2 N–H and O–H groups in total. The number of halogens is 1. The van der Waals surface area contributed by atoms with Crippen molar-refractivity contribution in [2.75, 3.05) is 0 Å². The maximum Gasteiger partial charge on any atom is 0.170 e. The van der Waals surface area contributed by atoms with E-state index in [-0.39, 0.29) is 18.4 Å². The Morgan fingerprint density at radius 3 is 1.89 bits per heavy atom. The van der Waals surface area contributed by atoms with Gasteiger partial charge in [-0.05, 0) is 48.4 Å². The molecular formula is C24H28ClNO2. The lowest BCUT2D eigenvalue weighted by Crippen LogP contribution is -2.10. The summed E-state index contributed by atoms with van der Waals surface area (Å²) in [6.45, 7) is 2.20. The Labute approximate surface area is 173 Å². The topological polar surface area (TPSA) is 44.5 Å². The zero-order valence-corrected chi connectivity index (χ0v) is 17.0. The number of benzene rings is 3. The van der Waals surface area contributed by atoms with E-state index in [2.05, 4.69) is 6.92 Å². The van der Waals surface area contributed by atoms with E-state index in [0.717, 1.165) is 29.9 Å². The van der Waals surface area contributed by atoms with E-state index in [1.807, 2.05) is 78.9 Å². The van der Waals surface area contributed by atoms with Crippen LogP contribution in [0.15, 0.2) is 78.9 Å². The zero-order valence-electron chi connectivity index (χ0n) is 16.2. The van der Waals surface area contributed by atoms with Crippen molar-refractivity contribution in [2.24, 2.45) is 5.73 Å². The second-order valence-corrected chi connectivity index (χ2v) is 6.64. The van der Waals surface area contributed by atoms with Crippen molar-refractivity contribution in [3.05, 3.63) is 84.4 Å². The van der Waals surface area contributed by atoms with Gasteiger partial charge in [0.05, 0.1) is 0 Å². The van der Waals surface area contributed by atoms with Crippen LogP contribution in [-0.2, 0) is 0 Å². The van der Waals surface area contributed by atoms with Gasteiger partial charge in [-0.1, -0.05) is 68.7 Å². The molecule has 1 atom stereocenters. The summed E-state index contributed by atoms with van der Waals surface area (Å²) >= 11 is 0. The zero-order chi connectivity index (χ0) is 18.9. The average molecular weight is 398 g/mol. The lowest BCUT2D eigenvalue weighted by atomic mass is 10.0. The Morgan fingerprint density at radius 2 is 1.32 bits per heavy atom. The number of nitrogens with two attached hydrogens (primary N) is 1. The standard InChI is InChI=1S/C24H27NO2.ClH/c1-2-3-6-15-22(25)19-16-17-23(26-20-11-7-4-8-12-20)24(18-19)27-21-13-9-5-10-14-21;/h4-5,7-14,16-18,22H,2-3,6,15,25H2,1H3;1H/t22-;/m0./s1. The third-order valence-electron chi connectivity index (χ3n) is 4.46. The number of hydrogen-bond acceptors (Lipinski definition) is 3. The molecule has 0 saturated carbocycles. The van der Waals surface area contributed by atoms with Crippen LogP contribution in [0.3, 0.4) is 0 Å². The molecule has 4 heteroatoms. The largest absolute Gasteiger partial charge is 0.453 e. The molecule has 0 aliphatic rings. The Morgan fingerprint density at radius 1 is 0.750 bits per heavy atom. The van der Waals surface area contributed by atoms with E-state index < -0.39 is 0 Å². The van der Waals surface area contributed by atoms with Gasteiger partial charge < -0.3 is 15.2 Å². The second-order valence-electron chi connectivity index (χ2n) is 6.64. The van der Waals surface area contributed by atoms with Gasteiger partial charge in [0.25, 0.3) is 0 Å². The number of ether oxygens (including phenoxy) is 2. The molecule has 3 aromatic carbocycles. The lowest BCUT2D eigenvalue weighted by Gasteiger charge is -2.17. The maximum atomic E-state index is 6.40. The molecule has 0 spiro atoms. The smallest absolute Gasteiger partial charge is 0.170 e. The van der Waals surface area contributed by atoms with Crippen molar-refractivity contribution in [3.8, 4) is 23.0 Å². The van der Waals surface area contributed by atoms with Gasteiger partial charge in [-0.3, -0.25) is 0 Å². The van der Waals surface area contributed by atoms with Gasteiger partial charge in [-0.2, -0.15) is 0 Å². The quantitative estimate of drug-likeness (QED) is 0.386. The molecule has 0 saturated heterocycles. The van der Waals surface area contributed by atoms with Crippen molar-refractivity contribution in [1.82, 2.24) is 0 Å². The fraction of sp³-hybridized carbons (Fsp3) is 0.250. The normalized spacial score (nSPS) is 11.4. The molecule has 0 bridgehead atoms. The van der Waals surface area contributed by atoms with Gasteiger partial charge in [-0.25, -0.2) is 0 Å². The van der Waals surface area contributed by atoms with Gasteiger partial charge in [0, 0.05) is 6.04 Å². The monoisotopic (exact) mass is 397 g/mol. The minimum absolute atomic E-state index is 0. The molecule has 0 radical (unpaired) electrons. The van der Waals surface area contributed by atoms with Crippen molar-refractivity contribution in [3.63, 3.8) is 0 Å². The molecule has 0 amide bonds. The van der Waals surface area contributed by atoms with E-state index in [1.54, 1.807) is 0 Å². The molecule has 0 unspecified atom stereocenters. The summed E-state index contributed by atoms with van der Waals surface area (Å²) in [4.78, 5) is 0. The van der Waals surface area contributed by atoms with Crippen LogP contribution in [0.1, 0.15) is 44.2 Å². The first-order valence-corrected chi connectivity index (χ1v) is 9.61. The molecule has 0 aliphatic carbocycles. The van der Waals surface area contributed by atoms with Crippen LogP contribution >= 0.6 is 12.4 Å². The predicted molar refractivity (Wildman–Crippen MR) is 118 cm³/mol. The first kappa shape index (κ1) is 21.8. The van der Waals surface area contributed by atoms with Gasteiger partial charge in [-0.15, -0.1) is 12.4 Å². The number of rotatable bonds is 9. The van der Waals surface area contributed by atoms with Crippen LogP contribution in [0.4, 0.5) is 0 Å². The van der Waals surface area contributed by atoms with Crippen LogP contribution < -0.4 is 15.2 Å². The van der Waals surface area contributed by atoms with Gasteiger partial charge in [0.15, 0.2) is 11.5 Å². The highest BCUT2D eigenvalue weighted by Crippen LogP contribution is 2.37. The van der Waals surface area contributed by atoms with Crippen molar-refractivity contribution < 1.29 is 9.47 Å². The first-order valence-electron chi connectivity index (χ1n) is 9.61. The van der Waals surface area contributed by atoms with Crippen molar-refractivity contribution >= 4 is 12.4 Å². The minimum atomic E-state index is 0. The number of para-hydroxylation sites is 2. The molecule has 3 rings (SSSR count). The van der Waals surface area contributed by atoms with Gasteiger partial charge in [0.2, 0.25) is 0 Å². The highest BCUT2D eigenvalue weighted by Gasteiger charge is 2.13. The SMILES string of the molecule is CCCCC[C@H](N)c1ccc(Oc2ccccc2)c(Oc2ccccc2)c1.Cl. The summed E-state index contributed by atoms with van der Waals surface area (Å²) < 4.78 is 12.2. The van der Waals surface area contributed by atoms with Crippen LogP contribution in [0.5, 0.6) is 23.0 Å². The summed E-state index contributed by atoms with van der Waals surface area (Å²) in [5, 5.41) is 0. The lowest BCUT2D eigenvalue weighted by molar-refractivity contribution is 0.417. The molecule has 28 heavy (non-hydrogen) atoms. The van der Waals surface area contributed by atoms with Crippen LogP contribution in [-0.4, -0.2) is 0 Å². The fourth-order valence-corrected chi connectivity index (χ4v) is 2.93. The van der Waals surface area contributed by atoms with Crippen molar-refractivity contribution in [2.45, 2.75) is 38.6 Å². The third-order valence-corrected chi connectivity index (χ3v) is 4.46. The van der Waals surface area contributed by atoms with Crippen molar-refractivity contribution in [1.29, 1.82) is 0 Å².